The van der Waals surface area contributed by atoms with Crippen molar-refractivity contribution in [3.63, 3.8) is 0 Å². The van der Waals surface area contributed by atoms with E-state index in [0.29, 0.717) is 11.4 Å². The predicted octanol–water partition coefficient (Wildman–Crippen LogP) is 2.40. The first-order chi connectivity index (χ1) is 8.10. The van der Waals surface area contributed by atoms with Gasteiger partial charge in [-0.2, -0.15) is 0 Å². The van der Waals surface area contributed by atoms with Crippen molar-refractivity contribution in [2.45, 2.75) is 32.8 Å². The van der Waals surface area contributed by atoms with Crippen molar-refractivity contribution in [1.29, 1.82) is 0 Å². The van der Waals surface area contributed by atoms with Crippen molar-refractivity contribution < 1.29 is 9.94 Å². The number of hydrogen-bond donors (Lipinski definition) is 2. The van der Waals surface area contributed by atoms with Gasteiger partial charge in [-0.25, -0.2) is 4.98 Å². The van der Waals surface area contributed by atoms with Crippen molar-refractivity contribution in [1.82, 2.24) is 4.98 Å². The van der Waals surface area contributed by atoms with Crippen molar-refractivity contribution in [3.8, 4) is 5.88 Å². The molecule has 6 heteroatoms. The van der Waals surface area contributed by atoms with Crippen LogP contribution in [-0.2, 0) is 0 Å². The van der Waals surface area contributed by atoms with Crippen LogP contribution in [0.1, 0.15) is 32.3 Å². The molecule has 0 spiro atoms. The summed E-state index contributed by atoms with van der Waals surface area (Å²) in [5.41, 5.74) is 5.89. The molecule has 3 N–H and O–H groups in total. The maximum atomic E-state index is 8.61. The fraction of sp³-hybridized carbons (Fsp3) is 0.455. The van der Waals surface area contributed by atoms with Crippen LogP contribution in [0.15, 0.2) is 17.4 Å². The molecule has 1 aromatic heterocycles. The summed E-state index contributed by atoms with van der Waals surface area (Å²) < 4.78 is 5.59. The van der Waals surface area contributed by atoms with Gasteiger partial charge in [-0.3, -0.25) is 0 Å². The molecule has 94 valence electrons. The Morgan fingerprint density at radius 1 is 1.71 bits per heavy atom. The van der Waals surface area contributed by atoms with Crippen molar-refractivity contribution in [2.24, 2.45) is 10.9 Å². The third-order valence-electron chi connectivity index (χ3n) is 2.25. The van der Waals surface area contributed by atoms with Gasteiger partial charge in [0, 0.05) is 11.8 Å². The van der Waals surface area contributed by atoms with Gasteiger partial charge in [0.2, 0.25) is 5.88 Å². The summed E-state index contributed by atoms with van der Waals surface area (Å²) in [6.45, 7) is 4.01. The molecule has 0 aliphatic carbocycles. The summed E-state index contributed by atoms with van der Waals surface area (Å²) in [5.74, 6) is 0.238. The Morgan fingerprint density at radius 2 is 2.41 bits per heavy atom. The smallest absolute Gasteiger partial charge is 0.233 e. The molecule has 1 heterocycles. The van der Waals surface area contributed by atoms with Gasteiger partial charge in [0.05, 0.1) is 6.10 Å². The van der Waals surface area contributed by atoms with Crippen LogP contribution in [0, 0.1) is 0 Å². The molecule has 5 nitrogen and oxygen atoms in total. The fourth-order valence-electron chi connectivity index (χ4n) is 1.41. The summed E-state index contributed by atoms with van der Waals surface area (Å²) in [7, 11) is 0. The maximum absolute atomic E-state index is 8.61. The number of amidine groups is 1. The second-order valence-electron chi connectivity index (χ2n) is 3.68. The minimum Gasteiger partial charge on any atom is -0.474 e. The van der Waals surface area contributed by atoms with E-state index < -0.39 is 0 Å². The molecule has 1 atom stereocenters. The Bertz CT molecular complexity index is 410. The van der Waals surface area contributed by atoms with E-state index >= 15 is 0 Å². The standard InChI is InChI=1S/C11H16ClN3O2/c1-3-4-7(2)17-11-9(12)8(5-6-14-11)10(13)15-16/h5-7,16H,3-4H2,1-2H3,(H2,13,15). The van der Waals surface area contributed by atoms with Gasteiger partial charge in [0.25, 0.3) is 0 Å². The van der Waals surface area contributed by atoms with Crippen LogP contribution in [0.25, 0.3) is 0 Å². The lowest BCUT2D eigenvalue weighted by atomic mass is 10.2. The molecule has 0 amide bonds. The molecule has 0 radical (unpaired) electrons. The van der Waals surface area contributed by atoms with Gasteiger partial charge in [0.15, 0.2) is 5.84 Å². The molecule has 0 bridgehead atoms. The lowest BCUT2D eigenvalue weighted by Gasteiger charge is -2.14. The van der Waals surface area contributed by atoms with E-state index in [2.05, 4.69) is 17.1 Å². The largest absolute Gasteiger partial charge is 0.474 e. The summed E-state index contributed by atoms with van der Waals surface area (Å²) in [6.07, 6.45) is 3.45. The average molecular weight is 258 g/mol. The molecular weight excluding hydrogens is 242 g/mol. The summed E-state index contributed by atoms with van der Waals surface area (Å²) in [5, 5.41) is 11.8. The van der Waals surface area contributed by atoms with E-state index in [1.54, 1.807) is 6.07 Å². The molecule has 1 aromatic rings. The molecule has 0 aromatic carbocycles. The molecule has 0 saturated heterocycles. The minimum atomic E-state index is -0.0644. The topological polar surface area (TPSA) is 80.7 Å². The first-order valence-electron chi connectivity index (χ1n) is 5.39. The van der Waals surface area contributed by atoms with Crippen molar-refractivity contribution >= 4 is 17.4 Å². The highest BCUT2D eigenvalue weighted by molar-refractivity contribution is 6.35. The number of aromatic nitrogens is 1. The molecule has 17 heavy (non-hydrogen) atoms. The quantitative estimate of drug-likeness (QED) is 0.367. The predicted molar refractivity (Wildman–Crippen MR) is 66.8 cm³/mol. The van der Waals surface area contributed by atoms with Crippen molar-refractivity contribution in [3.05, 3.63) is 22.8 Å². The second-order valence-corrected chi connectivity index (χ2v) is 4.06. The number of pyridine rings is 1. The van der Waals surface area contributed by atoms with Gasteiger partial charge >= 0.3 is 0 Å². The summed E-state index contributed by atoms with van der Waals surface area (Å²) in [4.78, 5) is 4.03. The molecule has 1 unspecified atom stereocenters. The minimum absolute atomic E-state index is 0.0209. The zero-order valence-electron chi connectivity index (χ0n) is 9.85. The Hall–Kier alpha value is -1.49. The normalized spacial score (nSPS) is 13.5. The van der Waals surface area contributed by atoms with Gasteiger partial charge < -0.3 is 15.7 Å². The van der Waals surface area contributed by atoms with Gasteiger partial charge in [-0.1, -0.05) is 30.1 Å². The highest BCUT2D eigenvalue weighted by Gasteiger charge is 2.14. The number of nitrogens with zero attached hydrogens (tertiary/aromatic N) is 2. The van der Waals surface area contributed by atoms with E-state index in [1.165, 1.54) is 6.20 Å². The highest BCUT2D eigenvalue weighted by atomic mass is 35.5. The molecule has 0 saturated carbocycles. The Kier molecular flexibility index (Phi) is 5.03. The zero-order chi connectivity index (χ0) is 12.8. The van der Waals surface area contributed by atoms with E-state index in [-0.39, 0.29) is 17.0 Å². The lowest BCUT2D eigenvalue weighted by molar-refractivity contribution is 0.201. The van der Waals surface area contributed by atoms with Gasteiger partial charge in [-0.15, -0.1) is 0 Å². The molecule has 0 fully saturated rings. The van der Waals surface area contributed by atoms with E-state index in [9.17, 15) is 0 Å². The first kappa shape index (κ1) is 13.6. The summed E-state index contributed by atoms with van der Waals surface area (Å²) >= 11 is 6.07. The van der Waals surface area contributed by atoms with E-state index in [4.69, 9.17) is 27.3 Å². The van der Waals surface area contributed by atoms with Crippen LogP contribution >= 0.6 is 11.6 Å². The molecule has 0 aliphatic heterocycles. The number of halogens is 1. The fourth-order valence-corrected chi connectivity index (χ4v) is 1.67. The van der Waals surface area contributed by atoms with Crippen LogP contribution in [0.2, 0.25) is 5.02 Å². The number of oxime groups is 1. The third kappa shape index (κ3) is 3.49. The summed E-state index contributed by atoms with van der Waals surface area (Å²) in [6, 6.07) is 1.56. The van der Waals surface area contributed by atoms with Gasteiger partial charge in [0.1, 0.15) is 5.02 Å². The van der Waals surface area contributed by atoms with Crippen molar-refractivity contribution in [2.75, 3.05) is 0 Å². The number of rotatable bonds is 5. The molecule has 0 aliphatic rings. The van der Waals surface area contributed by atoms with E-state index in [1.807, 2.05) is 6.92 Å². The highest BCUT2D eigenvalue weighted by Crippen LogP contribution is 2.26. The first-order valence-corrected chi connectivity index (χ1v) is 5.77. The van der Waals surface area contributed by atoms with Crippen LogP contribution in [-0.4, -0.2) is 22.1 Å². The van der Waals surface area contributed by atoms with Gasteiger partial charge in [-0.05, 0) is 19.4 Å². The Labute approximate surface area is 105 Å². The molecular formula is C11H16ClN3O2. The average Bonchev–Trinajstić information content (AvgIpc) is 2.31. The number of nitrogens with two attached hydrogens (primary N) is 1. The van der Waals surface area contributed by atoms with Crippen LogP contribution < -0.4 is 10.5 Å². The Morgan fingerprint density at radius 3 is 3.00 bits per heavy atom. The maximum Gasteiger partial charge on any atom is 0.233 e. The Balaban J connectivity index is 2.94. The van der Waals surface area contributed by atoms with Crippen LogP contribution in [0.4, 0.5) is 0 Å². The molecule has 1 rings (SSSR count). The van der Waals surface area contributed by atoms with E-state index in [0.717, 1.165) is 12.8 Å². The SMILES string of the molecule is CCCC(C)Oc1nccc(/C(N)=N/O)c1Cl. The van der Waals surface area contributed by atoms with Crippen LogP contribution in [0.5, 0.6) is 5.88 Å². The monoisotopic (exact) mass is 257 g/mol. The van der Waals surface area contributed by atoms with Crippen LogP contribution in [0.3, 0.4) is 0 Å². The lowest BCUT2D eigenvalue weighted by Crippen LogP contribution is -2.16. The zero-order valence-corrected chi connectivity index (χ0v) is 10.6. The number of hydrogen-bond acceptors (Lipinski definition) is 4. The third-order valence-corrected chi connectivity index (χ3v) is 2.61. The second kappa shape index (κ2) is 6.30. The number of ether oxygens (including phenoxy) is 1.